The Hall–Kier alpha value is -0.810. The first-order valence-corrected chi connectivity index (χ1v) is 8.87. The number of rotatable bonds is 13. The Bertz CT molecular complexity index is 382. The third kappa shape index (κ3) is 19.2. The molecular weight excluding hydrogens is 296 g/mol. The largest absolute Gasteiger partial charge is 0.444 e. The highest BCUT2D eigenvalue weighted by atomic mass is 32.2. The molecule has 0 bridgehead atoms. The molecule has 0 saturated carbocycles. The normalized spacial score (nSPS) is 11.0. The molecule has 124 valence electrons. The summed E-state index contributed by atoms with van der Waals surface area (Å²) in [6.45, 7) is 3.56. The summed E-state index contributed by atoms with van der Waals surface area (Å²) < 4.78 is 44.5. The van der Waals surface area contributed by atoms with E-state index in [4.69, 9.17) is 18.8 Å². The van der Waals surface area contributed by atoms with Crippen molar-refractivity contribution in [1.29, 1.82) is 0 Å². The molecule has 7 heteroatoms. The van der Waals surface area contributed by atoms with Crippen molar-refractivity contribution in [3.8, 4) is 12.0 Å². The monoisotopic (exact) mass is 322 g/mol. The molecule has 0 rings (SSSR count). The van der Waals surface area contributed by atoms with E-state index in [0.717, 1.165) is 12.8 Å². The van der Waals surface area contributed by atoms with E-state index in [-0.39, 0.29) is 13.2 Å². The molecular formula is C14H26O6S. The lowest BCUT2D eigenvalue weighted by Crippen LogP contribution is -2.14. The van der Waals surface area contributed by atoms with Gasteiger partial charge in [-0.15, -0.1) is 0 Å². The summed E-state index contributed by atoms with van der Waals surface area (Å²) in [5.74, 6) is 2.55. The van der Waals surface area contributed by atoms with E-state index in [0.29, 0.717) is 19.8 Å². The topological polar surface area (TPSA) is 82.1 Å². The molecule has 0 aliphatic carbocycles. The molecule has 6 nitrogen and oxygen atoms in total. The van der Waals surface area contributed by atoms with Crippen LogP contribution in [0.15, 0.2) is 0 Å². The number of hydrogen-bond acceptors (Lipinski definition) is 5. The zero-order chi connectivity index (χ0) is 15.8. The standard InChI is InChI=1S/C14H26O6S/c1-2-3-4-5-6-7-8-18-9-10-19-11-12-20-13-14-21(15,16)17/h2-6,9-14H2,1H3,(H,15,16,17). The number of unbranched alkanes of at least 4 members (excludes halogenated alkanes) is 4. The maximum Gasteiger partial charge on any atom is 0.267 e. The molecule has 0 fully saturated rings. The van der Waals surface area contributed by atoms with Crippen molar-refractivity contribution in [3.05, 3.63) is 0 Å². The van der Waals surface area contributed by atoms with Crippen molar-refractivity contribution in [2.75, 3.05) is 38.8 Å². The number of hydrogen-bond donors (Lipinski definition) is 1. The average Bonchev–Trinajstić information content (AvgIpc) is 2.42. The fourth-order valence-electron chi connectivity index (χ4n) is 1.38. The van der Waals surface area contributed by atoms with Crippen LogP contribution in [-0.2, 0) is 24.3 Å². The van der Waals surface area contributed by atoms with Crippen molar-refractivity contribution in [2.45, 2.75) is 39.0 Å². The predicted octanol–water partition coefficient (Wildman–Crippen LogP) is 1.86. The highest BCUT2D eigenvalue weighted by Gasteiger charge is 2.02. The Morgan fingerprint density at radius 1 is 0.952 bits per heavy atom. The van der Waals surface area contributed by atoms with Crippen molar-refractivity contribution >= 4 is 10.1 Å². The summed E-state index contributed by atoms with van der Waals surface area (Å²) in [6.07, 6.45) is 8.30. The van der Waals surface area contributed by atoms with Gasteiger partial charge in [-0.3, -0.25) is 4.55 Å². The Kier molecular flexibility index (Phi) is 13.6. The van der Waals surface area contributed by atoms with Crippen molar-refractivity contribution < 1.29 is 27.2 Å². The van der Waals surface area contributed by atoms with Crippen LogP contribution >= 0.6 is 0 Å². The molecule has 0 atom stereocenters. The molecule has 0 spiro atoms. The first kappa shape index (κ1) is 20.2. The van der Waals surface area contributed by atoms with E-state index in [2.05, 4.69) is 19.0 Å². The summed E-state index contributed by atoms with van der Waals surface area (Å²) in [5.41, 5.74) is 0. The van der Waals surface area contributed by atoms with Gasteiger partial charge in [0.25, 0.3) is 10.1 Å². The van der Waals surface area contributed by atoms with Gasteiger partial charge in [-0.1, -0.05) is 32.1 Å². The van der Waals surface area contributed by atoms with Crippen molar-refractivity contribution in [3.63, 3.8) is 0 Å². The second-order valence-electron chi connectivity index (χ2n) is 4.45. The summed E-state index contributed by atoms with van der Waals surface area (Å²) in [7, 11) is -3.94. The lowest BCUT2D eigenvalue weighted by Gasteiger charge is -2.04. The third-order valence-electron chi connectivity index (χ3n) is 2.49. The van der Waals surface area contributed by atoms with Crippen molar-refractivity contribution in [1.82, 2.24) is 0 Å². The molecule has 0 heterocycles. The maximum absolute atomic E-state index is 10.4. The minimum Gasteiger partial charge on any atom is -0.444 e. The third-order valence-corrected chi connectivity index (χ3v) is 3.17. The van der Waals surface area contributed by atoms with Gasteiger partial charge in [-0.05, 0) is 6.42 Å². The molecule has 0 aromatic heterocycles. The van der Waals surface area contributed by atoms with Crippen LogP contribution in [0.1, 0.15) is 39.0 Å². The van der Waals surface area contributed by atoms with Crippen LogP contribution in [0.5, 0.6) is 0 Å². The minimum absolute atomic E-state index is 0.0395. The molecule has 0 unspecified atom stereocenters. The van der Waals surface area contributed by atoms with Gasteiger partial charge in [0.15, 0.2) is 0 Å². The van der Waals surface area contributed by atoms with Crippen LogP contribution in [0.4, 0.5) is 0 Å². The Labute approximate surface area is 127 Å². The molecule has 0 aliphatic rings. The fraction of sp³-hybridized carbons (Fsp3) is 0.857. The summed E-state index contributed by atoms with van der Waals surface area (Å²) in [5, 5.41) is 0. The minimum atomic E-state index is -3.94. The molecule has 1 N–H and O–H groups in total. The van der Waals surface area contributed by atoms with Crippen LogP contribution < -0.4 is 0 Å². The van der Waals surface area contributed by atoms with Gasteiger partial charge in [0.2, 0.25) is 0 Å². The van der Waals surface area contributed by atoms with Gasteiger partial charge in [-0.2, -0.15) is 8.42 Å². The summed E-state index contributed by atoms with van der Waals surface area (Å²) >= 11 is 0. The van der Waals surface area contributed by atoms with Gasteiger partial charge in [0.1, 0.15) is 12.7 Å². The highest BCUT2D eigenvalue weighted by Crippen LogP contribution is 2.00. The predicted molar refractivity (Wildman–Crippen MR) is 80.5 cm³/mol. The summed E-state index contributed by atoms with van der Waals surface area (Å²) in [6, 6.07) is 0. The Balaban J connectivity index is 3.17. The lowest BCUT2D eigenvalue weighted by molar-refractivity contribution is 0.0369. The van der Waals surface area contributed by atoms with E-state index in [1.807, 2.05) is 0 Å². The van der Waals surface area contributed by atoms with Crippen LogP contribution in [0, 0.1) is 12.0 Å². The molecule has 0 aromatic carbocycles. The molecule has 0 radical (unpaired) electrons. The lowest BCUT2D eigenvalue weighted by atomic mass is 10.2. The van der Waals surface area contributed by atoms with E-state index in [1.165, 1.54) is 19.3 Å². The first-order valence-electron chi connectivity index (χ1n) is 7.26. The van der Waals surface area contributed by atoms with E-state index < -0.39 is 15.9 Å². The molecule has 0 aromatic rings. The first-order chi connectivity index (χ1) is 10.1. The number of ether oxygens (including phenoxy) is 3. The molecule has 0 saturated heterocycles. The fourth-order valence-corrected chi connectivity index (χ4v) is 1.71. The SMILES string of the molecule is CCCCCCC#COCCOCCOCCS(=O)(=O)O. The van der Waals surface area contributed by atoms with Crippen LogP contribution in [0.2, 0.25) is 0 Å². The van der Waals surface area contributed by atoms with Gasteiger partial charge < -0.3 is 14.2 Å². The maximum atomic E-state index is 10.4. The Morgan fingerprint density at radius 2 is 1.62 bits per heavy atom. The molecule has 0 aliphatic heterocycles. The average molecular weight is 322 g/mol. The summed E-state index contributed by atoms with van der Waals surface area (Å²) in [4.78, 5) is 0. The van der Waals surface area contributed by atoms with E-state index in [9.17, 15) is 8.42 Å². The van der Waals surface area contributed by atoms with Gasteiger partial charge in [0, 0.05) is 6.42 Å². The second kappa shape index (κ2) is 14.1. The quantitative estimate of drug-likeness (QED) is 0.317. The smallest absolute Gasteiger partial charge is 0.267 e. The zero-order valence-corrected chi connectivity index (χ0v) is 13.5. The van der Waals surface area contributed by atoms with Gasteiger partial charge in [0.05, 0.1) is 32.2 Å². The zero-order valence-electron chi connectivity index (χ0n) is 12.7. The van der Waals surface area contributed by atoms with E-state index in [1.54, 1.807) is 0 Å². The van der Waals surface area contributed by atoms with Crippen LogP contribution in [-0.4, -0.2) is 51.8 Å². The second-order valence-corrected chi connectivity index (χ2v) is 6.02. The Morgan fingerprint density at radius 3 is 2.29 bits per heavy atom. The van der Waals surface area contributed by atoms with Crippen molar-refractivity contribution in [2.24, 2.45) is 0 Å². The van der Waals surface area contributed by atoms with E-state index >= 15 is 0 Å². The molecule has 21 heavy (non-hydrogen) atoms. The van der Waals surface area contributed by atoms with Gasteiger partial charge >= 0.3 is 0 Å². The van der Waals surface area contributed by atoms with Crippen LogP contribution in [0.3, 0.4) is 0 Å². The highest BCUT2D eigenvalue weighted by molar-refractivity contribution is 7.85. The van der Waals surface area contributed by atoms with Crippen LogP contribution in [0.25, 0.3) is 0 Å². The van der Waals surface area contributed by atoms with Gasteiger partial charge in [-0.25, -0.2) is 0 Å². The molecule has 0 amide bonds.